The predicted molar refractivity (Wildman–Crippen MR) is 80.0 cm³/mol. The molecule has 1 aromatic carbocycles. The Hall–Kier alpha value is -1.84. The third kappa shape index (κ3) is 2.87. The summed E-state index contributed by atoms with van der Waals surface area (Å²) in [7, 11) is -1.65. The van der Waals surface area contributed by atoms with Gasteiger partial charge in [0, 0.05) is 19.1 Å². The number of aromatic nitrogens is 4. The number of hydrogen-bond acceptors (Lipinski definition) is 6. The highest BCUT2D eigenvalue weighted by molar-refractivity contribution is 7.89. The first-order chi connectivity index (χ1) is 10.6. The highest BCUT2D eigenvalue weighted by atomic mass is 32.2. The number of sulfonamides is 1. The monoisotopic (exact) mass is 322 g/mol. The Morgan fingerprint density at radius 1 is 1.36 bits per heavy atom. The van der Waals surface area contributed by atoms with Crippen molar-refractivity contribution < 1.29 is 8.42 Å². The van der Waals surface area contributed by atoms with E-state index >= 15 is 0 Å². The molecule has 0 bridgehead atoms. The summed E-state index contributed by atoms with van der Waals surface area (Å²) in [4.78, 5) is 0.261. The summed E-state index contributed by atoms with van der Waals surface area (Å²) in [5, 5.41) is 14.1. The summed E-state index contributed by atoms with van der Waals surface area (Å²) >= 11 is 0. The molecule has 118 valence electrons. The van der Waals surface area contributed by atoms with Gasteiger partial charge in [0.05, 0.1) is 10.6 Å². The lowest BCUT2D eigenvalue weighted by atomic mass is 10.1. The third-order valence-corrected chi connectivity index (χ3v) is 5.72. The van der Waals surface area contributed by atoms with Crippen LogP contribution in [0.15, 0.2) is 35.5 Å². The van der Waals surface area contributed by atoms with Crippen molar-refractivity contribution in [2.45, 2.75) is 23.8 Å². The van der Waals surface area contributed by atoms with Crippen molar-refractivity contribution in [1.29, 1.82) is 0 Å². The molecule has 8 nitrogen and oxygen atoms in total. The summed E-state index contributed by atoms with van der Waals surface area (Å²) in [5.41, 5.74) is 0.619. The molecular weight excluding hydrogens is 304 g/mol. The maximum absolute atomic E-state index is 12.8. The summed E-state index contributed by atoms with van der Waals surface area (Å²) in [6.07, 6.45) is 3.29. The molecule has 1 fully saturated rings. The van der Waals surface area contributed by atoms with E-state index in [0.717, 1.165) is 12.8 Å². The molecule has 0 radical (unpaired) electrons. The minimum absolute atomic E-state index is 0.200. The Bertz CT molecular complexity index is 731. The molecule has 2 aromatic rings. The maximum Gasteiger partial charge on any atom is 0.243 e. The van der Waals surface area contributed by atoms with E-state index in [0.29, 0.717) is 18.8 Å². The molecule has 1 N–H and O–H groups in total. The van der Waals surface area contributed by atoms with Gasteiger partial charge in [0.25, 0.3) is 0 Å². The molecule has 1 unspecified atom stereocenters. The molecule has 1 atom stereocenters. The molecule has 0 amide bonds. The van der Waals surface area contributed by atoms with Crippen molar-refractivity contribution in [2.24, 2.45) is 0 Å². The van der Waals surface area contributed by atoms with Crippen LogP contribution in [-0.2, 0) is 10.0 Å². The second-order valence-corrected chi connectivity index (χ2v) is 7.18. The molecule has 1 aliphatic rings. The summed E-state index contributed by atoms with van der Waals surface area (Å²) in [5.74, 6) is 0. The van der Waals surface area contributed by atoms with Gasteiger partial charge in [0.2, 0.25) is 10.0 Å². The van der Waals surface area contributed by atoms with Gasteiger partial charge in [-0.1, -0.05) is 6.07 Å². The topological polar surface area (TPSA) is 93.0 Å². The molecule has 1 saturated heterocycles. The second-order valence-electron chi connectivity index (χ2n) is 5.24. The molecule has 0 spiro atoms. The number of likely N-dealkylation sites (N-methyl/N-ethyl adjacent to an activating group) is 1. The van der Waals surface area contributed by atoms with Gasteiger partial charge in [-0.05, 0) is 48.5 Å². The van der Waals surface area contributed by atoms with E-state index in [-0.39, 0.29) is 10.9 Å². The Morgan fingerprint density at radius 2 is 2.23 bits per heavy atom. The average molecular weight is 322 g/mol. The molecular formula is C13H18N6O2S. The van der Waals surface area contributed by atoms with Gasteiger partial charge >= 0.3 is 0 Å². The fourth-order valence-electron chi connectivity index (χ4n) is 2.61. The molecule has 0 aliphatic carbocycles. The highest BCUT2D eigenvalue weighted by Crippen LogP contribution is 2.22. The first-order valence-electron chi connectivity index (χ1n) is 7.12. The van der Waals surface area contributed by atoms with Gasteiger partial charge in [-0.15, -0.1) is 5.10 Å². The van der Waals surface area contributed by atoms with E-state index in [1.54, 1.807) is 24.3 Å². The number of piperidine rings is 1. The zero-order chi connectivity index (χ0) is 15.6. The number of benzene rings is 1. The molecule has 0 saturated carbocycles. The Morgan fingerprint density at radius 3 is 2.95 bits per heavy atom. The third-order valence-electron chi connectivity index (χ3n) is 3.86. The zero-order valence-corrected chi connectivity index (χ0v) is 13.1. The summed E-state index contributed by atoms with van der Waals surface area (Å²) in [6, 6.07) is 6.86. The number of rotatable bonds is 4. The van der Waals surface area contributed by atoms with Gasteiger partial charge in [-0.2, -0.15) is 4.31 Å². The summed E-state index contributed by atoms with van der Waals surface area (Å²) < 4.78 is 28.6. The maximum atomic E-state index is 12.8. The molecule has 9 heteroatoms. The fourth-order valence-corrected chi connectivity index (χ4v) is 4.18. The minimum atomic E-state index is -3.51. The SMILES string of the molecule is CNC1CCCN(S(=O)(=O)c2cccc(-n3cnnn3)c2)C1. The van der Waals surface area contributed by atoms with Gasteiger partial charge in [0.15, 0.2) is 0 Å². The number of nitrogens with one attached hydrogen (secondary N) is 1. The van der Waals surface area contributed by atoms with E-state index in [1.165, 1.54) is 15.3 Å². The van der Waals surface area contributed by atoms with Crippen LogP contribution in [0.5, 0.6) is 0 Å². The van der Waals surface area contributed by atoms with E-state index in [1.807, 2.05) is 7.05 Å². The number of tetrazole rings is 1. The van der Waals surface area contributed by atoms with Crippen LogP contribution in [0.1, 0.15) is 12.8 Å². The van der Waals surface area contributed by atoms with Crippen LogP contribution < -0.4 is 5.32 Å². The van der Waals surface area contributed by atoms with Crippen molar-refractivity contribution in [1.82, 2.24) is 29.8 Å². The van der Waals surface area contributed by atoms with Crippen LogP contribution in [0.3, 0.4) is 0 Å². The number of nitrogens with zero attached hydrogens (tertiary/aromatic N) is 5. The van der Waals surface area contributed by atoms with Crippen LogP contribution in [0.2, 0.25) is 0 Å². The molecule has 1 aromatic heterocycles. The quantitative estimate of drug-likeness (QED) is 0.854. The number of hydrogen-bond donors (Lipinski definition) is 1. The van der Waals surface area contributed by atoms with E-state index in [9.17, 15) is 8.42 Å². The van der Waals surface area contributed by atoms with Crippen LogP contribution in [0, 0.1) is 0 Å². The standard InChI is InChI=1S/C13H18N6O2S/c1-14-11-4-3-7-18(9-11)22(20,21)13-6-2-5-12(8-13)19-10-15-16-17-19/h2,5-6,8,10-11,14H,3-4,7,9H2,1H3. The second kappa shape index (κ2) is 6.11. The van der Waals surface area contributed by atoms with Gasteiger partial charge in [-0.3, -0.25) is 0 Å². The van der Waals surface area contributed by atoms with Gasteiger partial charge in [0.1, 0.15) is 6.33 Å². The highest BCUT2D eigenvalue weighted by Gasteiger charge is 2.29. The van der Waals surface area contributed by atoms with E-state index in [2.05, 4.69) is 20.8 Å². The van der Waals surface area contributed by atoms with Crippen LogP contribution in [0.4, 0.5) is 0 Å². The van der Waals surface area contributed by atoms with E-state index in [4.69, 9.17) is 0 Å². The van der Waals surface area contributed by atoms with Crippen molar-refractivity contribution in [3.05, 3.63) is 30.6 Å². The lowest BCUT2D eigenvalue weighted by molar-refractivity contribution is 0.293. The van der Waals surface area contributed by atoms with Crippen molar-refractivity contribution in [2.75, 3.05) is 20.1 Å². The smallest absolute Gasteiger partial charge is 0.243 e. The minimum Gasteiger partial charge on any atom is -0.316 e. The Balaban J connectivity index is 1.91. The first kappa shape index (κ1) is 15.1. The van der Waals surface area contributed by atoms with Gasteiger partial charge in [-0.25, -0.2) is 13.1 Å². The predicted octanol–water partition coefficient (Wildman–Crippen LogP) is 0.0348. The Labute approximate surface area is 129 Å². The van der Waals surface area contributed by atoms with Crippen molar-refractivity contribution >= 4 is 10.0 Å². The van der Waals surface area contributed by atoms with E-state index < -0.39 is 10.0 Å². The first-order valence-corrected chi connectivity index (χ1v) is 8.56. The summed E-state index contributed by atoms with van der Waals surface area (Å²) in [6.45, 7) is 1.05. The molecule has 3 rings (SSSR count). The zero-order valence-electron chi connectivity index (χ0n) is 12.3. The molecule has 2 heterocycles. The largest absolute Gasteiger partial charge is 0.316 e. The van der Waals surface area contributed by atoms with Crippen molar-refractivity contribution in [3.8, 4) is 5.69 Å². The van der Waals surface area contributed by atoms with Crippen LogP contribution >= 0.6 is 0 Å². The van der Waals surface area contributed by atoms with Gasteiger partial charge < -0.3 is 5.32 Å². The Kier molecular flexibility index (Phi) is 4.19. The molecule has 22 heavy (non-hydrogen) atoms. The average Bonchev–Trinajstić information content (AvgIpc) is 3.09. The van der Waals surface area contributed by atoms with Crippen LogP contribution in [0.25, 0.3) is 5.69 Å². The normalized spacial score (nSPS) is 20.1. The lowest BCUT2D eigenvalue weighted by Crippen LogP contribution is -2.46. The lowest BCUT2D eigenvalue weighted by Gasteiger charge is -2.31. The van der Waals surface area contributed by atoms with Crippen molar-refractivity contribution in [3.63, 3.8) is 0 Å². The fraction of sp³-hybridized carbons (Fsp3) is 0.462. The molecule has 1 aliphatic heterocycles. The van der Waals surface area contributed by atoms with Crippen LogP contribution in [-0.4, -0.2) is 59.1 Å².